The third kappa shape index (κ3) is 4.45. The number of hydrogen-bond donors (Lipinski definition) is 0. The Balaban J connectivity index is 0.00000253. The van der Waals surface area contributed by atoms with Crippen LogP contribution in [0.15, 0.2) is 101 Å². The van der Waals surface area contributed by atoms with Crippen LogP contribution in [0.2, 0.25) is 0 Å². The van der Waals surface area contributed by atoms with Crippen molar-refractivity contribution in [2.24, 2.45) is 0 Å². The Morgan fingerprint density at radius 3 is 2.40 bits per heavy atom. The van der Waals surface area contributed by atoms with Crippen molar-refractivity contribution in [3.8, 4) is 16.9 Å². The van der Waals surface area contributed by atoms with Crippen molar-refractivity contribution in [2.75, 3.05) is 0 Å². The maximum atomic E-state index is 4.90. The summed E-state index contributed by atoms with van der Waals surface area (Å²) in [6.07, 6.45) is 1.81. The molecule has 172 valence electrons. The Morgan fingerprint density at radius 2 is 1.57 bits per heavy atom. The van der Waals surface area contributed by atoms with E-state index in [2.05, 4.69) is 102 Å². The number of para-hydroxylation sites is 1. The molecule has 0 fully saturated rings. The molecule has 0 unspecified atom stereocenters. The van der Waals surface area contributed by atoms with Gasteiger partial charge in [0.05, 0.1) is 5.03 Å². The van der Waals surface area contributed by atoms with Gasteiger partial charge in [-0.15, -0.1) is 12.1 Å². The van der Waals surface area contributed by atoms with Crippen LogP contribution in [0, 0.1) is 26.0 Å². The van der Waals surface area contributed by atoms with E-state index in [0.717, 1.165) is 43.6 Å². The van der Waals surface area contributed by atoms with Crippen LogP contribution in [0.5, 0.6) is 0 Å². The second-order valence-corrected chi connectivity index (χ2v) is 9.32. The van der Waals surface area contributed by atoms with Crippen molar-refractivity contribution in [2.45, 2.75) is 23.8 Å². The number of aromatic nitrogens is 3. The third-order valence-electron chi connectivity index (χ3n) is 6.06. The second kappa shape index (κ2) is 9.81. The zero-order valence-electron chi connectivity index (χ0n) is 19.2. The molecule has 3 heterocycles. The van der Waals surface area contributed by atoms with Crippen molar-refractivity contribution in [3.63, 3.8) is 0 Å². The molecule has 0 aliphatic carbocycles. The Labute approximate surface area is 223 Å². The van der Waals surface area contributed by atoms with Crippen LogP contribution >= 0.6 is 11.8 Å². The first-order valence-electron chi connectivity index (χ1n) is 11.2. The zero-order chi connectivity index (χ0) is 23.1. The van der Waals surface area contributed by atoms with E-state index in [1.807, 2.05) is 24.4 Å². The predicted octanol–water partition coefficient (Wildman–Crippen LogP) is 7.61. The maximum Gasteiger partial charge on any atom is 2.00 e. The normalized spacial score (nSPS) is 11.0. The summed E-state index contributed by atoms with van der Waals surface area (Å²) in [4.78, 5) is 10.4. The molecule has 0 aliphatic heterocycles. The fourth-order valence-corrected chi connectivity index (χ4v) is 5.01. The van der Waals surface area contributed by atoms with E-state index in [1.165, 1.54) is 16.3 Å². The molecule has 3 aromatic carbocycles. The molecule has 0 radical (unpaired) electrons. The summed E-state index contributed by atoms with van der Waals surface area (Å²) in [7, 11) is 0. The molecule has 5 heteroatoms. The Bertz CT molecular complexity index is 1660. The van der Waals surface area contributed by atoms with Gasteiger partial charge in [0, 0.05) is 17.4 Å². The molecule has 0 aliphatic rings. The number of benzene rings is 3. The molecule has 3 nitrogen and oxygen atoms in total. The molecular weight excluding hydrogens is 629 g/mol. The maximum absolute atomic E-state index is 4.90. The van der Waals surface area contributed by atoms with Gasteiger partial charge in [0.2, 0.25) is 0 Å². The van der Waals surface area contributed by atoms with E-state index < -0.39 is 0 Å². The smallest absolute Gasteiger partial charge is 0.314 e. The molecule has 6 rings (SSSR count). The molecule has 35 heavy (non-hydrogen) atoms. The van der Waals surface area contributed by atoms with Crippen molar-refractivity contribution in [3.05, 3.63) is 115 Å². The van der Waals surface area contributed by atoms with Gasteiger partial charge >= 0.3 is 21.1 Å². The van der Waals surface area contributed by atoms with Gasteiger partial charge in [0.25, 0.3) is 0 Å². The molecule has 6 aromatic rings. The third-order valence-corrected chi connectivity index (χ3v) is 6.97. The summed E-state index contributed by atoms with van der Waals surface area (Å²) in [5, 5.41) is 3.32. The van der Waals surface area contributed by atoms with E-state index in [1.54, 1.807) is 11.8 Å². The second-order valence-electron chi connectivity index (χ2n) is 8.26. The standard InChI is InChI=1S/C30H21N3S.Pt/c1-20-13-16-29(32-21(20)2)33-27-11-4-3-10-25(27)26-15-14-23(19-28(26)33)22-8-7-9-24(18-22)34-30-12-5-6-17-31-30;/h3-17H,1-2H3;/q-2;+2. The zero-order valence-corrected chi connectivity index (χ0v) is 22.3. The summed E-state index contributed by atoms with van der Waals surface area (Å²) >= 11 is 1.61. The first-order valence-corrected chi connectivity index (χ1v) is 12.0. The molecule has 0 spiro atoms. The summed E-state index contributed by atoms with van der Waals surface area (Å²) < 4.78 is 2.22. The minimum atomic E-state index is 0. The Morgan fingerprint density at radius 1 is 0.743 bits per heavy atom. The van der Waals surface area contributed by atoms with E-state index in [-0.39, 0.29) is 21.1 Å². The van der Waals surface area contributed by atoms with E-state index >= 15 is 0 Å². The molecule has 0 amide bonds. The van der Waals surface area contributed by atoms with E-state index in [4.69, 9.17) is 4.98 Å². The molecule has 0 bridgehead atoms. The first-order chi connectivity index (χ1) is 16.7. The van der Waals surface area contributed by atoms with Crippen molar-refractivity contribution >= 4 is 33.6 Å². The average molecular weight is 651 g/mol. The number of hydrogen-bond acceptors (Lipinski definition) is 3. The van der Waals surface area contributed by atoms with Crippen LogP contribution in [0.4, 0.5) is 0 Å². The van der Waals surface area contributed by atoms with Crippen molar-refractivity contribution < 1.29 is 21.1 Å². The SMILES string of the molecule is Cc1ccc(-n2c3[c-]c(-c4[c-]c(Sc5ccccn5)ccc4)ccc3c3ccccc32)nc1C.[Pt+2]. The topological polar surface area (TPSA) is 30.7 Å². The van der Waals surface area contributed by atoms with Gasteiger partial charge in [0.15, 0.2) is 0 Å². The Kier molecular flexibility index (Phi) is 6.60. The van der Waals surface area contributed by atoms with Crippen LogP contribution in [0.3, 0.4) is 0 Å². The van der Waals surface area contributed by atoms with Crippen LogP contribution in [-0.2, 0) is 21.1 Å². The van der Waals surface area contributed by atoms with Gasteiger partial charge in [-0.1, -0.05) is 52.4 Å². The van der Waals surface area contributed by atoms with Crippen LogP contribution < -0.4 is 0 Å². The van der Waals surface area contributed by atoms with E-state index in [9.17, 15) is 0 Å². The van der Waals surface area contributed by atoms with Crippen LogP contribution in [0.25, 0.3) is 38.8 Å². The van der Waals surface area contributed by atoms with Gasteiger partial charge in [0.1, 0.15) is 5.82 Å². The number of pyridine rings is 2. The van der Waals surface area contributed by atoms with Gasteiger partial charge in [-0.2, -0.15) is 30.3 Å². The summed E-state index contributed by atoms with van der Waals surface area (Å²) in [6.45, 7) is 4.15. The predicted molar refractivity (Wildman–Crippen MR) is 140 cm³/mol. The minimum Gasteiger partial charge on any atom is -0.314 e. The fourth-order valence-electron chi connectivity index (χ4n) is 4.21. The molecule has 0 saturated carbocycles. The number of fused-ring (bicyclic) bond motifs is 3. The summed E-state index contributed by atoms with van der Waals surface area (Å²) in [6, 6.07) is 36.4. The molecule has 0 N–H and O–H groups in total. The summed E-state index contributed by atoms with van der Waals surface area (Å²) in [5.41, 5.74) is 6.38. The van der Waals surface area contributed by atoms with Gasteiger partial charge in [-0.25, -0.2) is 21.1 Å². The fraction of sp³-hybridized carbons (Fsp3) is 0.0667. The minimum absolute atomic E-state index is 0. The number of aryl methyl sites for hydroxylation is 2. The number of rotatable bonds is 4. The Hall–Kier alpha value is -3.20. The molecular formula is C30H21N3PtS. The van der Waals surface area contributed by atoms with Gasteiger partial charge in [-0.3, -0.25) is 0 Å². The van der Waals surface area contributed by atoms with Gasteiger partial charge < -0.3 is 4.57 Å². The van der Waals surface area contributed by atoms with E-state index in [0.29, 0.717) is 0 Å². The molecule has 0 atom stereocenters. The quantitative estimate of drug-likeness (QED) is 0.184. The monoisotopic (exact) mass is 650 g/mol. The molecule has 3 aromatic heterocycles. The van der Waals surface area contributed by atoms with Crippen molar-refractivity contribution in [1.29, 1.82) is 0 Å². The van der Waals surface area contributed by atoms with Crippen LogP contribution in [0.1, 0.15) is 11.3 Å². The summed E-state index contributed by atoms with van der Waals surface area (Å²) in [5.74, 6) is 0.908. The first kappa shape index (κ1) is 23.5. The molecule has 0 saturated heterocycles. The average Bonchev–Trinajstić information content (AvgIpc) is 3.20. The number of nitrogens with zero attached hydrogens (tertiary/aromatic N) is 3. The van der Waals surface area contributed by atoms with Crippen LogP contribution in [-0.4, -0.2) is 14.5 Å². The largest absolute Gasteiger partial charge is 2.00 e. The van der Waals surface area contributed by atoms with Crippen molar-refractivity contribution in [1.82, 2.24) is 14.5 Å². The van der Waals surface area contributed by atoms with Gasteiger partial charge in [-0.05, 0) is 54.6 Å².